The van der Waals surface area contributed by atoms with E-state index in [9.17, 15) is 10.1 Å². The summed E-state index contributed by atoms with van der Waals surface area (Å²) in [5.74, 6) is 0.694. The molecule has 1 spiro atoms. The molecule has 1 unspecified atom stereocenters. The fourth-order valence-electron chi connectivity index (χ4n) is 3.32. The van der Waals surface area contributed by atoms with Crippen molar-refractivity contribution in [3.63, 3.8) is 0 Å². The van der Waals surface area contributed by atoms with Crippen molar-refractivity contribution >= 4 is 35.1 Å². The molecule has 0 bridgehead atoms. The van der Waals surface area contributed by atoms with Gasteiger partial charge in [-0.2, -0.15) is 5.26 Å². The summed E-state index contributed by atoms with van der Waals surface area (Å²) >= 11 is 7.73. The SMILES string of the molecule is N#CC1CSC2(CCCCC2)N1C(=O)Nc1cccc(Cl)c1. The Bertz CT molecular complexity index is 610. The van der Waals surface area contributed by atoms with Crippen LogP contribution in [-0.4, -0.2) is 27.6 Å². The van der Waals surface area contributed by atoms with E-state index in [1.165, 1.54) is 6.42 Å². The molecule has 6 heteroatoms. The van der Waals surface area contributed by atoms with Crippen LogP contribution in [0.4, 0.5) is 10.5 Å². The fraction of sp³-hybridized carbons (Fsp3) is 0.500. The van der Waals surface area contributed by atoms with Crippen LogP contribution in [0, 0.1) is 11.3 Å². The first-order valence-corrected chi connectivity index (χ1v) is 8.90. The minimum atomic E-state index is -0.359. The van der Waals surface area contributed by atoms with E-state index in [1.54, 1.807) is 34.9 Å². The highest BCUT2D eigenvalue weighted by atomic mass is 35.5. The molecule has 3 rings (SSSR count). The second-order valence-corrected chi connectivity index (χ2v) is 7.59. The Kier molecular flexibility index (Phi) is 4.51. The van der Waals surface area contributed by atoms with Gasteiger partial charge in [-0.25, -0.2) is 4.79 Å². The Morgan fingerprint density at radius 3 is 2.86 bits per heavy atom. The lowest BCUT2D eigenvalue weighted by Crippen LogP contribution is -2.52. The number of urea groups is 1. The zero-order chi connectivity index (χ0) is 15.6. The van der Waals surface area contributed by atoms with Crippen LogP contribution >= 0.6 is 23.4 Å². The maximum absolute atomic E-state index is 12.8. The average molecular weight is 336 g/mol. The molecule has 22 heavy (non-hydrogen) atoms. The molecule has 2 amide bonds. The number of anilines is 1. The van der Waals surface area contributed by atoms with Gasteiger partial charge in [0.2, 0.25) is 0 Å². The van der Waals surface area contributed by atoms with Gasteiger partial charge in [-0.05, 0) is 31.0 Å². The molecular weight excluding hydrogens is 318 g/mol. The maximum Gasteiger partial charge on any atom is 0.324 e. The number of hydrogen-bond acceptors (Lipinski definition) is 3. The number of carbonyl (C=O) groups is 1. The summed E-state index contributed by atoms with van der Waals surface area (Å²) in [6.45, 7) is 0. The molecule has 1 saturated heterocycles. The van der Waals surface area contributed by atoms with Crippen LogP contribution in [0.3, 0.4) is 0 Å². The van der Waals surface area contributed by atoms with Gasteiger partial charge in [-0.1, -0.05) is 36.9 Å². The number of rotatable bonds is 1. The normalized spacial score (nSPS) is 23.3. The summed E-state index contributed by atoms with van der Waals surface area (Å²) in [4.78, 5) is 14.3. The molecule has 116 valence electrons. The second kappa shape index (κ2) is 6.39. The van der Waals surface area contributed by atoms with Gasteiger partial charge in [0.15, 0.2) is 0 Å². The molecule has 4 nitrogen and oxygen atoms in total. The highest BCUT2D eigenvalue weighted by Crippen LogP contribution is 2.49. The average Bonchev–Trinajstić information content (AvgIpc) is 2.86. The van der Waals surface area contributed by atoms with Crippen LogP contribution in [0.1, 0.15) is 32.1 Å². The standard InChI is InChI=1S/C16H18ClN3OS/c17-12-5-4-6-13(9-12)19-15(21)20-14(10-18)11-22-16(20)7-2-1-3-8-16/h4-6,9,14H,1-3,7-8,11H2,(H,19,21). The van der Waals surface area contributed by atoms with Crippen LogP contribution in [-0.2, 0) is 0 Å². The Balaban J connectivity index is 1.82. The predicted molar refractivity (Wildman–Crippen MR) is 90.0 cm³/mol. The van der Waals surface area contributed by atoms with E-state index in [1.807, 2.05) is 6.07 Å². The van der Waals surface area contributed by atoms with E-state index in [4.69, 9.17) is 11.6 Å². The predicted octanol–water partition coefficient (Wildman–Crippen LogP) is 4.47. The van der Waals surface area contributed by atoms with Crippen molar-refractivity contribution in [3.8, 4) is 6.07 Å². The summed E-state index contributed by atoms with van der Waals surface area (Å²) in [5, 5.41) is 12.9. The van der Waals surface area contributed by atoms with Crippen LogP contribution in [0.2, 0.25) is 5.02 Å². The molecule has 1 aliphatic heterocycles. The summed E-state index contributed by atoms with van der Waals surface area (Å²) in [7, 11) is 0. The molecule has 0 radical (unpaired) electrons. The van der Waals surface area contributed by atoms with Crippen molar-refractivity contribution in [2.45, 2.75) is 43.0 Å². The molecule has 1 saturated carbocycles. The van der Waals surface area contributed by atoms with Crippen molar-refractivity contribution in [2.75, 3.05) is 11.1 Å². The van der Waals surface area contributed by atoms with Crippen molar-refractivity contribution in [3.05, 3.63) is 29.3 Å². The summed E-state index contributed by atoms with van der Waals surface area (Å²) in [6, 6.07) is 8.82. The number of nitriles is 1. The van der Waals surface area contributed by atoms with E-state index in [0.29, 0.717) is 16.5 Å². The molecule has 1 aromatic rings. The molecule has 2 aliphatic rings. The number of halogens is 1. The molecular formula is C16H18ClN3OS. The first-order chi connectivity index (χ1) is 10.6. The first-order valence-electron chi connectivity index (χ1n) is 7.54. The first kappa shape index (κ1) is 15.5. The van der Waals surface area contributed by atoms with Crippen LogP contribution < -0.4 is 5.32 Å². The number of benzene rings is 1. The molecule has 1 aliphatic carbocycles. The van der Waals surface area contributed by atoms with Crippen molar-refractivity contribution < 1.29 is 4.79 Å². The number of hydrogen-bond donors (Lipinski definition) is 1. The third-order valence-electron chi connectivity index (χ3n) is 4.34. The quantitative estimate of drug-likeness (QED) is 0.823. The Morgan fingerprint density at radius 1 is 1.41 bits per heavy atom. The Morgan fingerprint density at radius 2 is 2.18 bits per heavy atom. The number of nitrogens with zero attached hydrogens (tertiary/aromatic N) is 2. The summed E-state index contributed by atoms with van der Waals surface area (Å²) in [5.41, 5.74) is 0.664. The lowest BCUT2D eigenvalue weighted by molar-refractivity contribution is 0.148. The van der Waals surface area contributed by atoms with Crippen molar-refractivity contribution in [2.24, 2.45) is 0 Å². The lowest BCUT2D eigenvalue weighted by Gasteiger charge is -2.41. The smallest absolute Gasteiger partial charge is 0.308 e. The van der Waals surface area contributed by atoms with E-state index in [0.717, 1.165) is 25.7 Å². The number of carbonyl (C=O) groups excluding carboxylic acids is 1. The zero-order valence-corrected chi connectivity index (χ0v) is 13.8. The number of nitrogens with one attached hydrogen (secondary N) is 1. The molecule has 0 aromatic heterocycles. The molecule has 1 atom stereocenters. The Labute approximate surface area is 139 Å². The third-order valence-corrected chi connectivity index (χ3v) is 6.20. The third kappa shape index (κ3) is 2.90. The van der Waals surface area contributed by atoms with Crippen molar-refractivity contribution in [1.82, 2.24) is 4.90 Å². The maximum atomic E-state index is 12.8. The molecule has 1 aromatic carbocycles. The van der Waals surface area contributed by atoms with Crippen LogP contribution in [0.15, 0.2) is 24.3 Å². The minimum absolute atomic E-state index is 0.194. The van der Waals surface area contributed by atoms with Crippen molar-refractivity contribution in [1.29, 1.82) is 5.26 Å². The topological polar surface area (TPSA) is 56.1 Å². The monoisotopic (exact) mass is 335 g/mol. The van der Waals surface area contributed by atoms with Gasteiger partial charge in [0, 0.05) is 16.5 Å². The zero-order valence-electron chi connectivity index (χ0n) is 12.2. The Hall–Kier alpha value is -1.38. The minimum Gasteiger partial charge on any atom is -0.308 e. The summed E-state index contributed by atoms with van der Waals surface area (Å²) in [6.07, 6.45) is 5.39. The lowest BCUT2D eigenvalue weighted by atomic mass is 9.93. The van der Waals surface area contributed by atoms with E-state index < -0.39 is 0 Å². The van der Waals surface area contributed by atoms with Gasteiger partial charge in [-0.3, -0.25) is 4.90 Å². The van der Waals surface area contributed by atoms with E-state index >= 15 is 0 Å². The van der Waals surface area contributed by atoms with Gasteiger partial charge in [0.25, 0.3) is 0 Å². The van der Waals surface area contributed by atoms with Gasteiger partial charge >= 0.3 is 6.03 Å². The highest BCUT2D eigenvalue weighted by Gasteiger charge is 2.50. The van der Waals surface area contributed by atoms with Gasteiger partial charge in [-0.15, -0.1) is 11.8 Å². The number of amides is 2. The van der Waals surface area contributed by atoms with E-state index in [2.05, 4.69) is 11.4 Å². The van der Waals surface area contributed by atoms with Gasteiger partial charge in [0.1, 0.15) is 6.04 Å². The molecule has 1 N–H and O–H groups in total. The van der Waals surface area contributed by atoms with Crippen LogP contribution in [0.5, 0.6) is 0 Å². The largest absolute Gasteiger partial charge is 0.324 e. The summed E-state index contributed by atoms with van der Waals surface area (Å²) < 4.78 is 0. The van der Waals surface area contributed by atoms with Crippen LogP contribution in [0.25, 0.3) is 0 Å². The fourth-order valence-corrected chi connectivity index (χ4v) is 5.13. The van der Waals surface area contributed by atoms with E-state index in [-0.39, 0.29) is 16.9 Å². The number of thioether (sulfide) groups is 1. The highest BCUT2D eigenvalue weighted by molar-refractivity contribution is 8.00. The molecule has 1 heterocycles. The molecule has 2 fully saturated rings. The second-order valence-electron chi connectivity index (χ2n) is 5.77. The van der Waals surface area contributed by atoms with Gasteiger partial charge < -0.3 is 5.32 Å². The van der Waals surface area contributed by atoms with Gasteiger partial charge in [0.05, 0.1) is 10.9 Å².